The molecule has 9 nitrogen and oxygen atoms in total. The van der Waals surface area contributed by atoms with E-state index in [0.717, 1.165) is 17.2 Å². The van der Waals surface area contributed by atoms with E-state index >= 15 is 0 Å². The summed E-state index contributed by atoms with van der Waals surface area (Å²) in [4.78, 5) is 20.9. The summed E-state index contributed by atoms with van der Waals surface area (Å²) in [6.07, 6.45) is 0.197. The molecule has 0 bridgehead atoms. The largest absolute Gasteiger partial charge is 0.485 e. The van der Waals surface area contributed by atoms with Gasteiger partial charge in [-0.15, -0.1) is 0 Å². The van der Waals surface area contributed by atoms with Crippen LogP contribution in [0.4, 0.5) is 17.1 Å². The highest BCUT2D eigenvalue weighted by Gasteiger charge is 2.26. The summed E-state index contributed by atoms with van der Waals surface area (Å²) in [5, 5.41) is 26.7. The molecule has 1 atom stereocenters. The monoisotopic (exact) mass is 404 g/mol. The number of para-hydroxylation sites is 1. The molecule has 30 heavy (non-hydrogen) atoms. The fourth-order valence-corrected chi connectivity index (χ4v) is 3.25. The lowest BCUT2D eigenvalue weighted by atomic mass is 9.96. The van der Waals surface area contributed by atoms with Crippen LogP contribution in [0.15, 0.2) is 77.9 Å². The third-order valence-electron chi connectivity index (χ3n) is 4.72. The normalized spacial score (nSPS) is 16.4. The summed E-state index contributed by atoms with van der Waals surface area (Å²) in [6.45, 7) is 0. The lowest BCUT2D eigenvalue weighted by molar-refractivity contribution is -0.393. The van der Waals surface area contributed by atoms with Crippen molar-refractivity contribution in [1.29, 1.82) is 0 Å². The number of benzene rings is 3. The number of rotatable bonds is 5. The standard InChI is InChI=1S/C21H16N4O5/c26-24(27)15-10-11-17(19(12-15)25(28)29)22-23-18-13-21(14-6-2-1-3-7-14)30-20-9-5-4-8-16(18)20/h1-12,21-22H,13H2/b23-18+/t21-/m1/s1. The Morgan fingerprint density at radius 1 is 0.933 bits per heavy atom. The number of nitro groups is 2. The average molecular weight is 404 g/mol. The van der Waals surface area contributed by atoms with Crippen molar-refractivity contribution in [3.63, 3.8) is 0 Å². The van der Waals surface area contributed by atoms with Crippen LogP contribution in [-0.2, 0) is 0 Å². The van der Waals surface area contributed by atoms with Crippen LogP contribution in [0.3, 0.4) is 0 Å². The molecule has 0 aromatic heterocycles. The zero-order valence-corrected chi connectivity index (χ0v) is 15.6. The Kier molecular flexibility index (Phi) is 5.08. The highest BCUT2D eigenvalue weighted by molar-refractivity contribution is 6.04. The van der Waals surface area contributed by atoms with E-state index in [2.05, 4.69) is 10.5 Å². The first-order valence-corrected chi connectivity index (χ1v) is 9.09. The van der Waals surface area contributed by atoms with Crippen LogP contribution in [-0.4, -0.2) is 15.6 Å². The minimum absolute atomic E-state index is 0.0679. The fourth-order valence-electron chi connectivity index (χ4n) is 3.25. The van der Waals surface area contributed by atoms with Gasteiger partial charge >= 0.3 is 5.69 Å². The van der Waals surface area contributed by atoms with Gasteiger partial charge in [-0.3, -0.25) is 25.7 Å². The Morgan fingerprint density at radius 2 is 1.67 bits per heavy atom. The zero-order valence-electron chi connectivity index (χ0n) is 15.6. The Bertz CT molecular complexity index is 1150. The summed E-state index contributed by atoms with van der Waals surface area (Å²) in [5.74, 6) is 0.663. The van der Waals surface area contributed by atoms with Crippen molar-refractivity contribution in [2.45, 2.75) is 12.5 Å². The van der Waals surface area contributed by atoms with Crippen LogP contribution in [0.1, 0.15) is 23.7 Å². The Morgan fingerprint density at radius 3 is 2.40 bits per heavy atom. The Labute approximate surface area is 170 Å². The quantitative estimate of drug-likeness (QED) is 0.480. The van der Waals surface area contributed by atoms with Crippen LogP contribution in [0.25, 0.3) is 0 Å². The molecule has 0 fully saturated rings. The number of non-ortho nitro benzene ring substituents is 1. The van der Waals surface area contributed by atoms with Gasteiger partial charge in [0.05, 0.1) is 21.6 Å². The lowest BCUT2D eigenvalue weighted by Gasteiger charge is -2.27. The molecule has 0 saturated carbocycles. The van der Waals surface area contributed by atoms with E-state index in [4.69, 9.17) is 4.74 Å². The zero-order chi connectivity index (χ0) is 21.1. The molecule has 3 aromatic carbocycles. The van der Waals surface area contributed by atoms with E-state index in [1.54, 1.807) is 0 Å². The van der Waals surface area contributed by atoms with Crippen LogP contribution < -0.4 is 10.2 Å². The van der Waals surface area contributed by atoms with E-state index in [0.29, 0.717) is 17.9 Å². The third kappa shape index (κ3) is 3.81. The molecule has 9 heteroatoms. The van der Waals surface area contributed by atoms with Crippen molar-refractivity contribution in [2.24, 2.45) is 5.10 Å². The van der Waals surface area contributed by atoms with Gasteiger partial charge in [0.15, 0.2) is 0 Å². The second-order valence-electron chi connectivity index (χ2n) is 6.60. The van der Waals surface area contributed by atoms with Gasteiger partial charge in [-0.2, -0.15) is 5.10 Å². The molecule has 0 saturated heterocycles. The SMILES string of the molecule is O=[N+]([O-])c1ccc(N/N=C2\C[C@H](c3ccccc3)Oc3ccccc32)c([N+](=O)[O-])c1. The van der Waals surface area contributed by atoms with E-state index in [-0.39, 0.29) is 17.5 Å². The van der Waals surface area contributed by atoms with Crippen LogP contribution in [0, 0.1) is 20.2 Å². The smallest absolute Gasteiger partial charge is 0.301 e. The second-order valence-corrected chi connectivity index (χ2v) is 6.60. The molecule has 0 spiro atoms. The molecule has 4 rings (SSSR count). The number of ether oxygens (including phenoxy) is 1. The topological polar surface area (TPSA) is 120 Å². The summed E-state index contributed by atoms with van der Waals surface area (Å²) in [6, 6.07) is 20.5. The van der Waals surface area contributed by atoms with Gasteiger partial charge in [-0.1, -0.05) is 42.5 Å². The van der Waals surface area contributed by atoms with Crippen LogP contribution in [0.5, 0.6) is 5.75 Å². The number of fused-ring (bicyclic) bond motifs is 1. The maximum atomic E-state index is 11.4. The molecular weight excluding hydrogens is 388 g/mol. The van der Waals surface area contributed by atoms with Gasteiger partial charge in [-0.05, 0) is 23.8 Å². The average Bonchev–Trinajstić information content (AvgIpc) is 2.77. The van der Waals surface area contributed by atoms with E-state index in [1.807, 2.05) is 54.6 Å². The molecule has 1 aliphatic heterocycles. The van der Waals surface area contributed by atoms with Crippen LogP contribution in [0.2, 0.25) is 0 Å². The molecule has 0 unspecified atom stereocenters. The van der Waals surface area contributed by atoms with Gasteiger partial charge in [-0.25, -0.2) is 0 Å². The Hall–Kier alpha value is -4.27. The van der Waals surface area contributed by atoms with Crippen molar-refractivity contribution in [3.8, 4) is 5.75 Å². The minimum atomic E-state index is -0.680. The van der Waals surface area contributed by atoms with E-state index in [9.17, 15) is 20.2 Å². The van der Waals surface area contributed by atoms with Gasteiger partial charge in [0.25, 0.3) is 5.69 Å². The maximum absolute atomic E-state index is 11.4. The highest BCUT2D eigenvalue weighted by atomic mass is 16.6. The minimum Gasteiger partial charge on any atom is -0.485 e. The van der Waals surface area contributed by atoms with Gasteiger partial charge in [0.2, 0.25) is 0 Å². The fraction of sp³-hybridized carbons (Fsp3) is 0.0952. The Balaban J connectivity index is 1.69. The molecule has 0 amide bonds. The number of hydrogen-bond donors (Lipinski definition) is 1. The molecular formula is C21H16N4O5. The molecule has 3 aromatic rings. The van der Waals surface area contributed by atoms with Crippen molar-refractivity contribution in [1.82, 2.24) is 0 Å². The maximum Gasteiger partial charge on any atom is 0.301 e. The van der Waals surface area contributed by atoms with Gasteiger partial charge < -0.3 is 4.74 Å². The molecule has 1 N–H and O–H groups in total. The summed E-state index contributed by atoms with van der Waals surface area (Å²) in [5.41, 5.74) is 4.43. The van der Waals surface area contributed by atoms with E-state index in [1.165, 1.54) is 12.1 Å². The number of nitro benzene ring substituents is 2. The summed E-state index contributed by atoms with van der Waals surface area (Å²) >= 11 is 0. The third-order valence-corrected chi connectivity index (χ3v) is 4.72. The summed E-state index contributed by atoms with van der Waals surface area (Å²) < 4.78 is 6.11. The number of nitrogens with one attached hydrogen (secondary N) is 1. The lowest BCUT2D eigenvalue weighted by Crippen LogP contribution is -2.21. The molecule has 150 valence electrons. The van der Waals surface area contributed by atoms with Gasteiger partial charge in [0.1, 0.15) is 17.5 Å². The van der Waals surface area contributed by atoms with Crippen molar-refractivity contribution in [2.75, 3.05) is 5.43 Å². The number of hydrogen-bond acceptors (Lipinski definition) is 7. The number of nitrogens with zero attached hydrogens (tertiary/aromatic N) is 3. The number of hydrazone groups is 1. The molecule has 0 aliphatic carbocycles. The molecule has 0 radical (unpaired) electrons. The van der Waals surface area contributed by atoms with Crippen molar-refractivity contribution >= 4 is 22.8 Å². The molecule has 1 aliphatic rings. The van der Waals surface area contributed by atoms with Crippen molar-refractivity contribution < 1.29 is 14.6 Å². The highest BCUT2D eigenvalue weighted by Crippen LogP contribution is 2.35. The first-order valence-electron chi connectivity index (χ1n) is 9.09. The van der Waals surface area contributed by atoms with E-state index < -0.39 is 15.5 Å². The first kappa shape index (κ1) is 19.1. The van der Waals surface area contributed by atoms with Crippen LogP contribution >= 0.6 is 0 Å². The van der Waals surface area contributed by atoms with Gasteiger partial charge in [0, 0.05) is 18.1 Å². The molecule has 1 heterocycles. The predicted molar refractivity (Wildman–Crippen MR) is 111 cm³/mol. The second kappa shape index (κ2) is 8.00. The predicted octanol–water partition coefficient (Wildman–Crippen LogP) is 4.84. The summed E-state index contributed by atoms with van der Waals surface area (Å²) in [7, 11) is 0. The number of anilines is 1. The van der Waals surface area contributed by atoms with Crippen molar-refractivity contribution in [3.05, 3.63) is 104 Å². The first-order chi connectivity index (χ1) is 14.5.